The van der Waals surface area contributed by atoms with E-state index in [1.807, 2.05) is 0 Å². The highest BCUT2D eigenvalue weighted by Gasteiger charge is 2.37. The third kappa shape index (κ3) is 3.77. The smallest absolute Gasteiger partial charge is 0.330 e. The maximum Gasteiger partial charge on any atom is 0.416 e. The van der Waals surface area contributed by atoms with Crippen molar-refractivity contribution in [1.82, 2.24) is 0 Å². The van der Waals surface area contributed by atoms with Crippen LogP contribution in [0.4, 0.5) is 13.2 Å². The first kappa shape index (κ1) is 16.3. The lowest BCUT2D eigenvalue weighted by molar-refractivity contribution is -0.138. The van der Waals surface area contributed by atoms with Crippen LogP contribution in [0.1, 0.15) is 29.9 Å². The van der Waals surface area contributed by atoms with E-state index in [0.717, 1.165) is 6.07 Å². The molecule has 0 bridgehead atoms. The number of rotatable bonds is 3. The maximum atomic E-state index is 13.1. The van der Waals surface area contributed by atoms with E-state index in [1.165, 1.54) is 12.1 Å². The Morgan fingerprint density at radius 1 is 1.19 bits per heavy atom. The summed E-state index contributed by atoms with van der Waals surface area (Å²) in [6, 6.07) is 5.42. The van der Waals surface area contributed by atoms with Crippen molar-refractivity contribution in [2.75, 3.05) is 18.1 Å². The minimum atomic E-state index is -4.43. The molecule has 0 radical (unpaired) electrons. The van der Waals surface area contributed by atoms with E-state index in [0.29, 0.717) is 12.8 Å². The molecule has 1 atom stereocenters. The Hall–Kier alpha value is -1.08. The van der Waals surface area contributed by atoms with Crippen molar-refractivity contribution in [3.63, 3.8) is 0 Å². The van der Waals surface area contributed by atoms with Crippen molar-refractivity contribution in [3.8, 4) is 0 Å². The summed E-state index contributed by atoms with van der Waals surface area (Å²) in [5, 5.41) is 0. The Labute approximate surface area is 122 Å². The molecule has 1 aromatic rings. The van der Waals surface area contributed by atoms with Gasteiger partial charge in [0.25, 0.3) is 0 Å². The zero-order valence-electron chi connectivity index (χ0n) is 11.4. The van der Waals surface area contributed by atoms with Gasteiger partial charge in [-0.25, -0.2) is 8.42 Å². The van der Waals surface area contributed by atoms with Crippen molar-refractivity contribution in [2.24, 2.45) is 11.7 Å². The van der Waals surface area contributed by atoms with Gasteiger partial charge in [-0.3, -0.25) is 0 Å². The van der Waals surface area contributed by atoms with Gasteiger partial charge in [-0.05, 0) is 42.9 Å². The first-order valence-electron chi connectivity index (χ1n) is 6.81. The summed E-state index contributed by atoms with van der Waals surface area (Å²) in [6.07, 6.45) is -3.68. The van der Waals surface area contributed by atoms with Crippen LogP contribution < -0.4 is 5.73 Å². The second-order valence-electron chi connectivity index (χ2n) is 5.42. The van der Waals surface area contributed by atoms with E-state index in [4.69, 9.17) is 5.73 Å². The summed E-state index contributed by atoms with van der Waals surface area (Å²) >= 11 is 0. The lowest BCUT2D eigenvalue weighted by Crippen LogP contribution is -2.31. The lowest BCUT2D eigenvalue weighted by atomic mass is 9.80. The van der Waals surface area contributed by atoms with E-state index in [1.54, 1.807) is 6.07 Å². The summed E-state index contributed by atoms with van der Waals surface area (Å²) < 4.78 is 62.2. The Bertz CT molecular complexity index is 584. The molecule has 1 aliphatic rings. The lowest BCUT2D eigenvalue weighted by Gasteiger charge is -2.31. The molecule has 1 aliphatic heterocycles. The highest BCUT2D eigenvalue weighted by Crippen LogP contribution is 2.40. The summed E-state index contributed by atoms with van der Waals surface area (Å²) in [4.78, 5) is 0. The van der Waals surface area contributed by atoms with Gasteiger partial charge >= 0.3 is 6.18 Å². The molecule has 1 heterocycles. The normalized spacial score (nSPS) is 21.1. The first-order chi connectivity index (χ1) is 9.74. The predicted octanol–water partition coefficient (Wildman–Crippen LogP) is 2.57. The van der Waals surface area contributed by atoms with Gasteiger partial charge < -0.3 is 5.73 Å². The van der Waals surface area contributed by atoms with Gasteiger partial charge in [-0.2, -0.15) is 13.2 Å². The number of alkyl halides is 3. The zero-order chi connectivity index (χ0) is 15.7. The second-order valence-corrected chi connectivity index (χ2v) is 7.72. The van der Waals surface area contributed by atoms with E-state index < -0.39 is 27.5 Å². The number of hydrogen-bond acceptors (Lipinski definition) is 3. The van der Waals surface area contributed by atoms with Gasteiger partial charge in [0.1, 0.15) is 9.84 Å². The molecule has 2 N–H and O–H groups in total. The molecule has 21 heavy (non-hydrogen) atoms. The number of benzene rings is 1. The van der Waals surface area contributed by atoms with E-state index in [9.17, 15) is 21.6 Å². The van der Waals surface area contributed by atoms with Crippen LogP contribution in [0, 0.1) is 5.92 Å². The van der Waals surface area contributed by atoms with Crippen LogP contribution in [0.2, 0.25) is 0 Å². The topological polar surface area (TPSA) is 60.2 Å². The third-order valence-corrected chi connectivity index (χ3v) is 5.80. The van der Waals surface area contributed by atoms with Gasteiger partial charge in [-0.1, -0.05) is 18.2 Å². The van der Waals surface area contributed by atoms with Gasteiger partial charge in [-0.15, -0.1) is 0 Å². The minimum absolute atomic E-state index is 0.0301. The fourth-order valence-corrected chi connectivity index (χ4v) is 4.49. The van der Waals surface area contributed by atoms with Crippen molar-refractivity contribution in [1.29, 1.82) is 0 Å². The molecule has 2 rings (SSSR count). The molecular formula is C14H18F3NO2S. The quantitative estimate of drug-likeness (QED) is 0.931. The molecule has 0 amide bonds. The molecular weight excluding hydrogens is 303 g/mol. The largest absolute Gasteiger partial charge is 0.416 e. The molecule has 1 fully saturated rings. The third-order valence-electron chi connectivity index (χ3n) is 4.09. The fraction of sp³-hybridized carbons (Fsp3) is 0.571. The predicted molar refractivity (Wildman–Crippen MR) is 74.6 cm³/mol. The number of halogens is 3. The number of sulfone groups is 1. The van der Waals surface area contributed by atoms with Crippen molar-refractivity contribution < 1.29 is 21.6 Å². The van der Waals surface area contributed by atoms with Gasteiger partial charge in [0.05, 0.1) is 17.1 Å². The first-order valence-corrected chi connectivity index (χ1v) is 8.63. The summed E-state index contributed by atoms with van der Waals surface area (Å²) in [5.41, 5.74) is 5.20. The standard InChI is InChI=1S/C14H18F3NO2S/c15-14(16,17)13-4-2-1-3-11(13)12(9-18)10-5-7-21(19,20)8-6-10/h1-4,10,12H,5-9,18H2. The zero-order valence-corrected chi connectivity index (χ0v) is 12.3. The highest BCUT2D eigenvalue weighted by atomic mass is 32.2. The Morgan fingerprint density at radius 2 is 1.76 bits per heavy atom. The molecule has 0 aromatic heterocycles. The Kier molecular flexibility index (Phi) is 4.63. The molecule has 0 aliphatic carbocycles. The van der Waals surface area contributed by atoms with Crippen LogP contribution in [0.3, 0.4) is 0 Å². The molecule has 118 valence electrons. The van der Waals surface area contributed by atoms with Crippen LogP contribution in [0.15, 0.2) is 24.3 Å². The van der Waals surface area contributed by atoms with Gasteiger partial charge in [0.2, 0.25) is 0 Å². The minimum Gasteiger partial charge on any atom is -0.330 e. The average Bonchev–Trinajstić information content (AvgIpc) is 2.41. The summed E-state index contributed by atoms with van der Waals surface area (Å²) in [7, 11) is -3.04. The van der Waals surface area contributed by atoms with Crippen molar-refractivity contribution >= 4 is 9.84 Å². The highest BCUT2D eigenvalue weighted by molar-refractivity contribution is 7.91. The molecule has 1 unspecified atom stereocenters. The van der Waals surface area contributed by atoms with Crippen LogP contribution in [-0.4, -0.2) is 26.5 Å². The molecule has 1 aromatic carbocycles. The van der Waals surface area contributed by atoms with E-state index in [-0.39, 0.29) is 29.5 Å². The van der Waals surface area contributed by atoms with E-state index >= 15 is 0 Å². The maximum absolute atomic E-state index is 13.1. The van der Waals surface area contributed by atoms with Crippen molar-refractivity contribution in [2.45, 2.75) is 24.9 Å². The van der Waals surface area contributed by atoms with E-state index in [2.05, 4.69) is 0 Å². The second kappa shape index (κ2) is 5.96. The molecule has 3 nitrogen and oxygen atoms in total. The number of hydrogen-bond donors (Lipinski definition) is 1. The van der Waals surface area contributed by atoms with Crippen LogP contribution in [0.5, 0.6) is 0 Å². The number of nitrogens with two attached hydrogens (primary N) is 1. The summed E-state index contributed by atoms with van der Waals surface area (Å²) in [6.45, 7) is 0.0812. The molecule has 7 heteroatoms. The summed E-state index contributed by atoms with van der Waals surface area (Å²) in [5.74, 6) is -0.523. The molecule has 0 saturated carbocycles. The molecule has 0 spiro atoms. The average molecular weight is 321 g/mol. The monoisotopic (exact) mass is 321 g/mol. The fourth-order valence-electron chi connectivity index (χ4n) is 2.96. The van der Waals surface area contributed by atoms with Gasteiger partial charge in [0, 0.05) is 0 Å². The Morgan fingerprint density at radius 3 is 2.29 bits per heavy atom. The SMILES string of the molecule is NCC(c1ccccc1C(F)(F)F)C1CCS(=O)(=O)CC1. The Balaban J connectivity index is 2.31. The molecule has 1 saturated heterocycles. The van der Waals surface area contributed by atoms with Gasteiger partial charge in [0.15, 0.2) is 0 Å². The van der Waals surface area contributed by atoms with Crippen LogP contribution in [0.25, 0.3) is 0 Å². The van der Waals surface area contributed by atoms with Crippen LogP contribution in [-0.2, 0) is 16.0 Å². The van der Waals surface area contributed by atoms with Crippen LogP contribution >= 0.6 is 0 Å². The van der Waals surface area contributed by atoms with Crippen molar-refractivity contribution in [3.05, 3.63) is 35.4 Å².